The molecule has 2 rings (SSSR count). The molecule has 1 N–H and O–H groups in total. The minimum Gasteiger partial charge on any atom is -0.481 e. The number of aromatic nitrogens is 1. The zero-order chi connectivity index (χ0) is 13.3. The molecule has 1 fully saturated rings. The lowest BCUT2D eigenvalue weighted by Crippen LogP contribution is -2.25. The highest BCUT2D eigenvalue weighted by Gasteiger charge is 2.40. The Morgan fingerprint density at radius 3 is 2.78 bits per heavy atom. The van der Waals surface area contributed by atoms with Crippen LogP contribution in [-0.2, 0) is 4.79 Å². The molecule has 0 bridgehead atoms. The number of anilines is 1. The summed E-state index contributed by atoms with van der Waals surface area (Å²) >= 11 is 0. The van der Waals surface area contributed by atoms with E-state index in [1.807, 2.05) is 13.8 Å². The number of hydrogen-bond acceptors (Lipinski definition) is 3. The van der Waals surface area contributed by atoms with Crippen LogP contribution in [0.2, 0.25) is 0 Å². The van der Waals surface area contributed by atoms with Gasteiger partial charge in [-0.15, -0.1) is 0 Å². The van der Waals surface area contributed by atoms with Crippen LogP contribution in [-0.4, -0.2) is 29.1 Å². The van der Waals surface area contributed by atoms with Gasteiger partial charge in [0, 0.05) is 19.3 Å². The number of carboxylic acids is 1. The second-order valence-corrected chi connectivity index (χ2v) is 5.07. The van der Waals surface area contributed by atoms with E-state index in [1.54, 1.807) is 4.90 Å². The van der Waals surface area contributed by atoms with Gasteiger partial charge in [0.25, 0.3) is 0 Å². The van der Waals surface area contributed by atoms with Crippen LogP contribution in [0.4, 0.5) is 10.2 Å². The van der Waals surface area contributed by atoms with Gasteiger partial charge in [-0.25, -0.2) is 9.37 Å². The molecule has 1 saturated heterocycles. The first-order valence-corrected chi connectivity index (χ1v) is 6.09. The number of hydrogen-bond donors (Lipinski definition) is 1. The summed E-state index contributed by atoms with van der Waals surface area (Å²) in [5.74, 6) is -1.12. The maximum Gasteiger partial charge on any atom is 0.308 e. The van der Waals surface area contributed by atoms with Crippen LogP contribution in [0.15, 0.2) is 18.3 Å². The third kappa shape index (κ3) is 2.30. The van der Waals surface area contributed by atoms with E-state index in [4.69, 9.17) is 0 Å². The summed E-state index contributed by atoms with van der Waals surface area (Å²) in [6.07, 6.45) is 1.52. The fourth-order valence-corrected chi connectivity index (χ4v) is 2.55. The van der Waals surface area contributed by atoms with Crippen molar-refractivity contribution in [3.63, 3.8) is 0 Å². The van der Waals surface area contributed by atoms with E-state index < -0.39 is 17.7 Å². The van der Waals surface area contributed by atoms with Gasteiger partial charge < -0.3 is 10.0 Å². The van der Waals surface area contributed by atoms with E-state index in [9.17, 15) is 14.3 Å². The lowest BCUT2D eigenvalue weighted by molar-refractivity contribution is -0.142. The van der Waals surface area contributed by atoms with Gasteiger partial charge in [-0.3, -0.25) is 4.79 Å². The molecule has 2 atom stereocenters. The molecule has 1 aromatic heterocycles. The zero-order valence-corrected chi connectivity index (χ0v) is 10.5. The average Bonchev–Trinajstić information content (AvgIpc) is 2.74. The Morgan fingerprint density at radius 1 is 1.56 bits per heavy atom. The summed E-state index contributed by atoms with van der Waals surface area (Å²) in [6.45, 7) is 4.87. The molecule has 0 aromatic carbocycles. The summed E-state index contributed by atoms with van der Waals surface area (Å²) in [5, 5.41) is 9.23. The van der Waals surface area contributed by atoms with Crippen molar-refractivity contribution in [2.45, 2.75) is 13.8 Å². The first-order chi connectivity index (χ1) is 8.50. The highest BCUT2D eigenvalue weighted by Crippen LogP contribution is 2.33. The number of nitrogens with zero attached hydrogens (tertiary/aromatic N) is 2. The van der Waals surface area contributed by atoms with Crippen LogP contribution < -0.4 is 4.90 Å². The molecule has 0 saturated carbocycles. The molecule has 0 radical (unpaired) electrons. The molecule has 1 aliphatic rings. The normalized spacial score (nSPS) is 23.7. The molecule has 0 aliphatic carbocycles. The Kier molecular flexibility index (Phi) is 3.50. The molecule has 0 amide bonds. The fraction of sp³-hybridized carbons (Fsp3) is 0.538. The highest BCUT2D eigenvalue weighted by atomic mass is 19.1. The van der Waals surface area contributed by atoms with Gasteiger partial charge in [0.2, 0.25) is 0 Å². The predicted molar refractivity (Wildman–Crippen MR) is 65.9 cm³/mol. The van der Waals surface area contributed by atoms with Crippen molar-refractivity contribution in [1.82, 2.24) is 4.98 Å². The second-order valence-electron chi connectivity index (χ2n) is 5.07. The van der Waals surface area contributed by atoms with Crippen molar-refractivity contribution in [2.75, 3.05) is 18.0 Å². The van der Waals surface area contributed by atoms with E-state index in [-0.39, 0.29) is 17.7 Å². The number of carbonyl (C=O) groups is 1. The van der Waals surface area contributed by atoms with Gasteiger partial charge in [0.1, 0.15) is 0 Å². The maximum atomic E-state index is 13.6. The lowest BCUT2D eigenvalue weighted by atomic mass is 9.86. The van der Waals surface area contributed by atoms with E-state index in [0.717, 1.165) is 0 Å². The van der Waals surface area contributed by atoms with E-state index in [1.165, 1.54) is 18.3 Å². The van der Waals surface area contributed by atoms with Crippen molar-refractivity contribution in [3.05, 3.63) is 24.1 Å². The van der Waals surface area contributed by atoms with Gasteiger partial charge in [-0.1, -0.05) is 13.8 Å². The van der Waals surface area contributed by atoms with Crippen LogP contribution in [0.5, 0.6) is 0 Å². The minimum absolute atomic E-state index is 0.0314. The molecule has 4 nitrogen and oxygen atoms in total. The summed E-state index contributed by atoms with van der Waals surface area (Å²) in [7, 11) is 0. The molecule has 5 heteroatoms. The van der Waals surface area contributed by atoms with E-state index >= 15 is 0 Å². The number of pyridine rings is 1. The van der Waals surface area contributed by atoms with Crippen LogP contribution in [0.1, 0.15) is 13.8 Å². The Balaban J connectivity index is 2.24. The van der Waals surface area contributed by atoms with Gasteiger partial charge in [0.15, 0.2) is 11.6 Å². The largest absolute Gasteiger partial charge is 0.481 e. The fourth-order valence-electron chi connectivity index (χ4n) is 2.55. The van der Waals surface area contributed by atoms with Crippen molar-refractivity contribution in [3.8, 4) is 0 Å². The Labute approximate surface area is 105 Å². The van der Waals surface area contributed by atoms with Crippen molar-refractivity contribution in [2.24, 2.45) is 17.8 Å². The Morgan fingerprint density at radius 2 is 2.28 bits per heavy atom. The lowest BCUT2D eigenvalue weighted by Gasteiger charge is -2.19. The second kappa shape index (κ2) is 4.92. The smallest absolute Gasteiger partial charge is 0.308 e. The van der Waals surface area contributed by atoms with Gasteiger partial charge in [-0.05, 0) is 24.0 Å². The molecule has 98 valence electrons. The minimum atomic E-state index is -0.812. The van der Waals surface area contributed by atoms with Crippen molar-refractivity contribution in [1.29, 1.82) is 0 Å². The quantitative estimate of drug-likeness (QED) is 0.894. The summed E-state index contributed by atoms with van der Waals surface area (Å²) in [4.78, 5) is 17.0. The molecular formula is C13H17FN2O2. The summed E-state index contributed by atoms with van der Waals surface area (Å²) < 4.78 is 13.6. The first-order valence-electron chi connectivity index (χ1n) is 6.09. The number of aliphatic carboxylic acids is 1. The van der Waals surface area contributed by atoms with Gasteiger partial charge in [0.05, 0.1) is 5.92 Å². The van der Waals surface area contributed by atoms with Crippen molar-refractivity contribution < 1.29 is 14.3 Å². The summed E-state index contributed by atoms with van der Waals surface area (Å²) in [6, 6.07) is 2.88. The monoisotopic (exact) mass is 252 g/mol. The third-order valence-corrected chi connectivity index (χ3v) is 3.58. The molecule has 1 aromatic rings. The Bertz CT molecular complexity index is 450. The third-order valence-electron chi connectivity index (χ3n) is 3.58. The van der Waals surface area contributed by atoms with Crippen LogP contribution in [0.25, 0.3) is 0 Å². The molecule has 0 unspecified atom stereocenters. The molecule has 0 spiro atoms. The highest BCUT2D eigenvalue weighted by molar-refractivity contribution is 5.72. The van der Waals surface area contributed by atoms with Crippen LogP contribution >= 0.6 is 0 Å². The molecule has 18 heavy (non-hydrogen) atoms. The van der Waals surface area contributed by atoms with Crippen molar-refractivity contribution >= 4 is 11.8 Å². The Hall–Kier alpha value is -1.65. The molecular weight excluding hydrogens is 235 g/mol. The van der Waals surface area contributed by atoms with Gasteiger partial charge >= 0.3 is 5.97 Å². The average molecular weight is 252 g/mol. The molecule has 2 heterocycles. The first kappa shape index (κ1) is 12.8. The summed E-state index contributed by atoms with van der Waals surface area (Å²) in [5.41, 5.74) is 0. The topological polar surface area (TPSA) is 53.4 Å². The number of carboxylic acid groups (broad SMARTS) is 1. The van der Waals surface area contributed by atoms with E-state index in [2.05, 4.69) is 4.98 Å². The van der Waals surface area contributed by atoms with E-state index in [0.29, 0.717) is 13.1 Å². The van der Waals surface area contributed by atoms with Gasteiger partial charge in [-0.2, -0.15) is 0 Å². The number of rotatable bonds is 3. The van der Waals surface area contributed by atoms with Crippen LogP contribution in [0, 0.1) is 23.6 Å². The zero-order valence-electron chi connectivity index (χ0n) is 10.5. The van der Waals surface area contributed by atoms with Crippen LogP contribution in [0.3, 0.4) is 0 Å². The standard InChI is InChI=1S/C13H17FN2O2/c1-8(2)9-6-16(7-10(9)13(17)18)12-11(14)4-3-5-15-12/h3-5,8-10H,6-7H2,1-2H3,(H,17,18)/t9-,10+/m0/s1. The number of halogens is 1. The molecule has 1 aliphatic heterocycles. The SMILES string of the molecule is CC(C)[C@@H]1CN(c2ncccc2F)C[C@H]1C(=O)O. The predicted octanol–water partition coefficient (Wildman–Crippen LogP) is 2.01. The maximum absolute atomic E-state index is 13.6.